The molecule has 29 heteroatoms. The minimum Gasteiger partial charge on any atom is -0.496 e. The number of likely N-dealkylation sites (tertiary alicyclic amines) is 2. The first kappa shape index (κ1) is 84.4. The zero-order valence-electron chi connectivity index (χ0n) is 66.3. The van der Waals surface area contributed by atoms with E-state index in [-0.39, 0.29) is 110 Å². The summed E-state index contributed by atoms with van der Waals surface area (Å²) in [6.07, 6.45) is 3.05. The second-order valence-electron chi connectivity index (χ2n) is 32.6. The molecular formula is C78H115BN16O11U. The number of aromatic carboxylic acids is 1. The number of nitrogens with zero attached hydrogens (tertiary/aromatic N) is 12. The van der Waals surface area contributed by atoms with Crippen molar-refractivity contribution >= 4 is 43.4 Å². The van der Waals surface area contributed by atoms with Crippen LogP contribution in [-0.2, 0) is 32.4 Å². The summed E-state index contributed by atoms with van der Waals surface area (Å²) in [4.78, 5) is 80.8. The maximum atomic E-state index is 14.3. The number of amides is 3. The predicted octanol–water partition coefficient (Wildman–Crippen LogP) is 8.95. The summed E-state index contributed by atoms with van der Waals surface area (Å²) in [5.74, 6) is 1.05. The largest absolute Gasteiger partial charge is 0.496 e. The first-order chi connectivity index (χ1) is 50.8. The van der Waals surface area contributed by atoms with Crippen LogP contribution in [0.4, 0.5) is 11.4 Å². The van der Waals surface area contributed by atoms with Gasteiger partial charge in [-0.15, -0.1) is 0 Å². The number of carboxylic acids is 1. The van der Waals surface area contributed by atoms with Gasteiger partial charge in [-0.2, -0.15) is 10.1 Å². The van der Waals surface area contributed by atoms with Crippen LogP contribution in [0.3, 0.4) is 0 Å². The number of hydrogen-bond acceptors (Lipinski definition) is 19. The average Bonchev–Trinajstić information content (AvgIpc) is 1.01. The standard InChI is InChI=1S/C39H56N8O5.C34H46N6O6.C5H12N2.BH.U/c1-22-31-17-27(39(31,3)4)18-32(22)43-38(50)35-34(23(2)48)33(19-41-44-40)52-47(35)20-24-10-9-11-30(36(24)51-8)25-14-26(16-29(15-25)45(5)6)37(49)42-28-12-13-46(7)21-28;1-18-26-14-23(34(26,3)4)15-27(18)37-32(42)30-29(19(2)41)28(16-36-38-35)46-40(30)17-20-9-8-10-25(31(20)45-7)21-11-22(33(43)44)13-24(12-21)39(5)6;1-7-3-2-5(6)4-7;;/h9-11,14-16,22-23,27-28,31-35,48H,12-13,17-21H2,1-8H3,(H,42,49)(H,43,50);8-13,18-19,23,26-30,41H,14-17H2,1-7H3,(H,37,42)(H,43,44);5H,2-4,6H2,1H3;1H;/t22-,23-,27+,28+,31-,32-,33-,34+,35-;18-,19-,23+,26-,27-,28-,29+,30-;5-;;/m001../s1/i;;;1T;. The molecule has 27 nitrogen and oxygen atoms in total. The molecule has 4 saturated heterocycles. The second-order valence-corrected chi connectivity index (χ2v) is 32.6. The summed E-state index contributed by atoms with van der Waals surface area (Å²) < 4.78 is 17.2. The molecule has 10 aliphatic rings. The third-order valence-electron chi connectivity index (χ3n) is 24.8. The van der Waals surface area contributed by atoms with E-state index in [0.717, 1.165) is 67.0 Å². The van der Waals surface area contributed by atoms with Crippen molar-refractivity contribution in [2.75, 3.05) is 106 Å². The van der Waals surface area contributed by atoms with Crippen molar-refractivity contribution in [3.8, 4) is 33.8 Å². The number of rotatable bonds is 23. The van der Waals surface area contributed by atoms with Gasteiger partial charge >= 0.3 is 5.97 Å². The Morgan fingerprint density at radius 1 is 0.673 bits per heavy atom. The molecule has 4 aromatic rings. The van der Waals surface area contributed by atoms with E-state index in [0.29, 0.717) is 75.3 Å². The molecule has 6 saturated carbocycles. The van der Waals surface area contributed by atoms with Crippen molar-refractivity contribution in [2.24, 2.45) is 74.1 Å². The monoisotopic (exact) mass is 1700 g/mol. The molecule has 3 amide bonds. The molecule has 4 aliphatic heterocycles. The number of carboxylic acid groups (broad SMARTS) is 1. The first-order valence-electron chi connectivity index (χ1n) is 37.9. The number of fused-ring (bicyclic) bond motifs is 4. The quantitative estimate of drug-likeness (QED) is 0.0158. The summed E-state index contributed by atoms with van der Waals surface area (Å²) in [5.41, 5.74) is 31.0. The van der Waals surface area contributed by atoms with Gasteiger partial charge in [-0.3, -0.25) is 24.1 Å². The van der Waals surface area contributed by atoms with Gasteiger partial charge in [0.15, 0.2) is 0 Å². The fourth-order valence-electron chi connectivity index (χ4n) is 18.5. The second kappa shape index (κ2) is 36.5. The smallest absolute Gasteiger partial charge is 0.335 e. The van der Waals surface area contributed by atoms with Gasteiger partial charge < -0.3 is 66.1 Å². The average molecular weight is 1700 g/mol. The first-order valence-corrected chi connectivity index (χ1v) is 37.3. The third kappa shape index (κ3) is 18.9. The molecule has 18 atom stereocenters. The number of benzene rings is 4. The van der Waals surface area contributed by atoms with Gasteiger partial charge in [-0.05, 0) is 186 Å². The van der Waals surface area contributed by atoms with Gasteiger partial charge in [-0.25, -0.2) is 4.79 Å². The van der Waals surface area contributed by atoms with Crippen molar-refractivity contribution in [2.45, 2.75) is 168 Å². The van der Waals surface area contributed by atoms with Crippen LogP contribution in [0.25, 0.3) is 43.1 Å². The van der Waals surface area contributed by atoms with E-state index in [1.165, 1.54) is 25.8 Å². The van der Waals surface area contributed by atoms with E-state index < -0.39 is 54.3 Å². The van der Waals surface area contributed by atoms with Crippen LogP contribution in [0.1, 0.15) is 126 Å². The summed E-state index contributed by atoms with van der Waals surface area (Å²) in [5, 5.41) is 52.4. The number of hydroxylamine groups is 4. The van der Waals surface area contributed by atoms with E-state index >= 15 is 0 Å². The number of ether oxygens (including phenoxy) is 2. The molecule has 0 unspecified atom stereocenters. The van der Waals surface area contributed by atoms with E-state index in [4.69, 9.17) is 37.3 Å². The predicted molar refractivity (Wildman–Crippen MR) is 412 cm³/mol. The molecule has 580 valence electrons. The zero-order chi connectivity index (χ0) is 78.3. The Bertz CT molecular complexity index is 3880. The number of aliphatic hydroxyl groups is 2. The van der Waals surface area contributed by atoms with Crippen molar-refractivity contribution in [3.63, 3.8) is 0 Å². The molecule has 6 aliphatic carbocycles. The maximum absolute atomic E-state index is 14.3. The number of carbonyl (C=O) groups excluding carboxylic acids is 3. The molecule has 10 fully saturated rings. The number of para-hydroxylation sites is 2. The van der Waals surface area contributed by atoms with Gasteiger partial charge in [0, 0.05) is 166 Å². The third-order valence-corrected chi connectivity index (χ3v) is 24.8. The number of anilines is 2. The summed E-state index contributed by atoms with van der Waals surface area (Å²) in [6, 6.07) is 21.2. The molecule has 4 bridgehead atoms. The summed E-state index contributed by atoms with van der Waals surface area (Å²) >= 11 is 0. The molecule has 2 radical (unpaired) electrons. The summed E-state index contributed by atoms with van der Waals surface area (Å²) in [7, 11) is 18.6. The van der Waals surface area contributed by atoms with Crippen LogP contribution < -0.4 is 41.0 Å². The molecule has 107 heavy (non-hydrogen) atoms. The number of aliphatic hydroxyl groups excluding tert-OH is 2. The molecule has 4 heterocycles. The topological polar surface area (TPSA) is 345 Å². The van der Waals surface area contributed by atoms with Crippen molar-refractivity contribution in [3.05, 3.63) is 116 Å². The molecular weight excluding hydrogens is 1590 g/mol. The van der Waals surface area contributed by atoms with Gasteiger partial charge in [0.05, 0.1) is 70.4 Å². The van der Waals surface area contributed by atoms with Crippen molar-refractivity contribution in [1.82, 2.24) is 35.9 Å². The van der Waals surface area contributed by atoms with Crippen LogP contribution in [-0.4, -0.2) is 225 Å². The number of hydrogen-bond donors (Lipinski definition) is 7. The van der Waals surface area contributed by atoms with Crippen LogP contribution >= 0.6 is 0 Å². The Hall–Kier alpha value is -6.66. The SMILES string of the molecule is CN1CC[C@@H](N)C1.COc1c(CN2O[C@@H](CN=[N+]=[N-])[C@@H]([C@H](C)O)[C@H]2C(=O)N[C@H]2C[C@H]3C[C@@H]([C@@H]2C)C3(C)C)cccc1-c1cc(C(=O)N[C@@H]2CCN(C)C2)cc(N(C)C)c1.COc1c(CN2O[C@@H](CN=[N+]=[N-])[C@@H]([C@H](C)O)[C@H]2C(=O)N[C@H]2C[C@H]3C[C@@H]([C@@H]2C)C3(C)C)cccc1-c1cc(C(=O)O)cc(N(C)C)c1.[3H][B].[U]. The number of nitrogens with two attached hydrogens (primary N) is 1. The fourth-order valence-corrected chi connectivity index (χ4v) is 18.5. The number of likely N-dealkylation sites (N-methyl/N-ethyl adjacent to an activating group) is 2. The molecule has 0 aromatic heterocycles. The number of azide groups is 2. The van der Waals surface area contributed by atoms with E-state index in [1.54, 1.807) is 50.3 Å². The number of nitrogens with one attached hydrogen (secondary N) is 3. The Labute approximate surface area is 658 Å². The Morgan fingerprint density at radius 3 is 1.43 bits per heavy atom. The Kier molecular flexibility index (Phi) is 28.7. The van der Waals surface area contributed by atoms with E-state index in [1.807, 2.05) is 98.7 Å². The van der Waals surface area contributed by atoms with Gasteiger partial charge in [0.2, 0.25) is 11.8 Å². The van der Waals surface area contributed by atoms with E-state index in [9.17, 15) is 34.5 Å². The van der Waals surface area contributed by atoms with Crippen LogP contribution in [0.15, 0.2) is 83.0 Å². The van der Waals surface area contributed by atoms with Crippen molar-refractivity contribution < 1.29 is 84.8 Å². The zero-order valence-corrected chi connectivity index (χ0v) is 69.5. The molecule has 14 rings (SSSR count). The van der Waals surface area contributed by atoms with Gasteiger partial charge in [0.1, 0.15) is 23.6 Å². The summed E-state index contributed by atoms with van der Waals surface area (Å²) in [6.45, 7) is 21.3. The minimum absolute atomic E-state index is 0. The molecule has 4 aromatic carbocycles. The fraction of sp³-hybridized carbons (Fsp3) is 0.641. The minimum atomic E-state index is -1.04. The molecule has 8 N–H and O–H groups in total. The molecule has 0 spiro atoms. The number of methoxy groups -OCH3 is 2. The normalized spacial score (nSPS) is 29.4. The maximum Gasteiger partial charge on any atom is 0.335 e. The van der Waals surface area contributed by atoms with Crippen LogP contribution in [0.2, 0.25) is 0 Å². The van der Waals surface area contributed by atoms with Crippen LogP contribution in [0, 0.1) is 89.3 Å². The van der Waals surface area contributed by atoms with Gasteiger partial charge in [-0.1, -0.05) is 88.2 Å². The van der Waals surface area contributed by atoms with Crippen LogP contribution in [0.5, 0.6) is 11.5 Å². The van der Waals surface area contributed by atoms with E-state index in [2.05, 4.69) is 110 Å². The Morgan fingerprint density at radius 2 is 1.09 bits per heavy atom. The number of carbonyl (C=O) groups is 4. The Balaban J connectivity index is 0.000000243. The van der Waals surface area contributed by atoms with Gasteiger partial charge in [0.25, 0.3) is 5.91 Å². The van der Waals surface area contributed by atoms with Crippen molar-refractivity contribution in [1.29, 1.82) is 1.34 Å².